The normalized spacial score (nSPS) is 20.4. The van der Waals surface area contributed by atoms with Gasteiger partial charge in [-0.3, -0.25) is 9.59 Å². The molecular formula is C23H25F2N3O3. The van der Waals surface area contributed by atoms with E-state index in [0.717, 1.165) is 17.8 Å². The summed E-state index contributed by atoms with van der Waals surface area (Å²) in [4.78, 5) is 28.1. The largest absolute Gasteiger partial charge is 0.391 e. The topological polar surface area (TPSA) is 72.9 Å². The number of likely N-dealkylation sites (N-methyl/N-ethyl adjacent to an activating group) is 1. The van der Waals surface area contributed by atoms with Crippen LogP contribution in [0.2, 0.25) is 0 Å². The van der Waals surface area contributed by atoms with E-state index in [1.807, 2.05) is 31.2 Å². The number of benzene rings is 2. The van der Waals surface area contributed by atoms with Crippen molar-refractivity contribution in [3.63, 3.8) is 0 Å². The molecule has 2 aromatic carbocycles. The Morgan fingerprint density at radius 1 is 1.32 bits per heavy atom. The van der Waals surface area contributed by atoms with Gasteiger partial charge >= 0.3 is 5.92 Å². The second kappa shape index (κ2) is 7.92. The summed E-state index contributed by atoms with van der Waals surface area (Å²) < 4.78 is 27.7. The van der Waals surface area contributed by atoms with Crippen LogP contribution in [-0.4, -0.2) is 48.1 Å². The Hall–Kier alpha value is -3.00. The third-order valence-electron chi connectivity index (χ3n) is 6.18. The van der Waals surface area contributed by atoms with Crippen molar-refractivity contribution in [3.8, 4) is 0 Å². The van der Waals surface area contributed by atoms with Gasteiger partial charge in [0.2, 0.25) is 5.91 Å². The molecule has 1 unspecified atom stereocenters. The lowest BCUT2D eigenvalue weighted by Crippen LogP contribution is -2.32. The van der Waals surface area contributed by atoms with Crippen LogP contribution in [0.4, 0.5) is 20.2 Å². The molecule has 164 valence electrons. The first-order valence-electron chi connectivity index (χ1n) is 10.3. The Labute approximate surface area is 179 Å². The predicted molar refractivity (Wildman–Crippen MR) is 113 cm³/mol. The summed E-state index contributed by atoms with van der Waals surface area (Å²) in [6.07, 6.45) is 0.390. The molecule has 0 bridgehead atoms. The first kappa shape index (κ1) is 21.2. The number of carbonyl (C=O) groups excluding carboxylic acids is 2. The zero-order chi connectivity index (χ0) is 22.3. The van der Waals surface area contributed by atoms with E-state index >= 15 is 0 Å². The molecule has 0 radical (unpaired) electrons. The van der Waals surface area contributed by atoms with E-state index in [-0.39, 0.29) is 35.7 Å². The van der Waals surface area contributed by atoms with Crippen molar-refractivity contribution in [1.82, 2.24) is 4.90 Å². The second-order valence-corrected chi connectivity index (χ2v) is 8.21. The minimum absolute atomic E-state index is 0.0279. The Balaban J connectivity index is 1.50. The maximum Gasteiger partial charge on any atom is 0.352 e. The number of aliphatic hydroxyl groups excluding tert-OH is 1. The van der Waals surface area contributed by atoms with Crippen LogP contribution in [0.25, 0.3) is 0 Å². The predicted octanol–water partition coefficient (Wildman–Crippen LogP) is 3.06. The minimum atomic E-state index is -3.55. The molecule has 6 nitrogen and oxygen atoms in total. The number of anilines is 2. The van der Waals surface area contributed by atoms with Gasteiger partial charge in [0.25, 0.3) is 5.91 Å². The van der Waals surface area contributed by atoms with E-state index in [0.29, 0.717) is 18.5 Å². The number of halogens is 2. The average Bonchev–Trinajstić information content (AvgIpc) is 3.27. The molecule has 2 aromatic rings. The Bertz CT molecular complexity index is 1030. The molecule has 0 spiro atoms. The molecule has 2 amide bonds. The van der Waals surface area contributed by atoms with Crippen LogP contribution >= 0.6 is 0 Å². The average molecular weight is 429 g/mol. The summed E-state index contributed by atoms with van der Waals surface area (Å²) in [5.74, 6) is -5.06. The number of nitrogens with zero attached hydrogens (tertiary/aromatic N) is 2. The number of nitrogens with one attached hydrogen (secondary N) is 1. The molecule has 1 fully saturated rings. The lowest BCUT2D eigenvalue weighted by Gasteiger charge is -2.30. The van der Waals surface area contributed by atoms with Gasteiger partial charge in [0.1, 0.15) is 0 Å². The Morgan fingerprint density at radius 2 is 2.06 bits per heavy atom. The van der Waals surface area contributed by atoms with Crippen LogP contribution in [0.3, 0.4) is 0 Å². The Kier molecular flexibility index (Phi) is 5.43. The second-order valence-electron chi connectivity index (χ2n) is 8.21. The van der Waals surface area contributed by atoms with Gasteiger partial charge < -0.3 is 20.2 Å². The fraction of sp³-hybridized carbons (Fsp3) is 0.391. The summed E-state index contributed by atoms with van der Waals surface area (Å²) in [5.41, 5.74) is 2.21. The molecule has 2 aliphatic heterocycles. The molecule has 2 atom stereocenters. The zero-order valence-electron chi connectivity index (χ0n) is 17.4. The van der Waals surface area contributed by atoms with E-state index in [4.69, 9.17) is 0 Å². The molecule has 0 aliphatic carbocycles. The first-order chi connectivity index (χ1) is 14.7. The first-order valence-corrected chi connectivity index (χ1v) is 10.3. The van der Waals surface area contributed by atoms with Crippen molar-refractivity contribution in [2.24, 2.45) is 0 Å². The molecule has 2 aliphatic rings. The molecule has 8 heteroatoms. The highest BCUT2D eigenvalue weighted by Crippen LogP contribution is 2.40. The minimum Gasteiger partial charge on any atom is -0.391 e. The molecule has 2 N–H and O–H groups in total. The maximum absolute atomic E-state index is 13.8. The number of fused-ring (bicyclic) bond motifs is 1. The standard InChI is InChI=1S/C23H25F2N3O3/c1-14(17-5-3-4-6-20(17)28-10-9-16(29)13-28)27(2)21(30)12-15-7-8-18-19(11-15)26-22(31)23(18,24)25/h3-8,11,14,16,29H,9-10,12-13H2,1-2H3,(H,26,31)/t14-,16?/m0/s1. The van der Waals surface area contributed by atoms with Gasteiger partial charge in [0.05, 0.1) is 29.8 Å². The molecule has 4 rings (SSSR count). The fourth-order valence-corrected chi connectivity index (χ4v) is 4.22. The van der Waals surface area contributed by atoms with Gasteiger partial charge in [0, 0.05) is 25.8 Å². The number of hydrogen-bond donors (Lipinski definition) is 2. The fourth-order valence-electron chi connectivity index (χ4n) is 4.22. The summed E-state index contributed by atoms with van der Waals surface area (Å²) in [6.45, 7) is 3.26. The van der Waals surface area contributed by atoms with Crippen LogP contribution in [0.5, 0.6) is 0 Å². The number of carbonyl (C=O) groups is 2. The van der Waals surface area contributed by atoms with Crippen molar-refractivity contribution in [2.75, 3.05) is 30.4 Å². The number of aliphatic hydroxyl groups is 1. The number of para-hydroxylation sites is 1. The van der Waals surface area contributed by atoms with Crippen molar-refractivity contribution in [2.45, 2.75) is 37.8 Å². The van der Waals surface area contributed by atoms with Crippen LogP contribution in [0.15, 0.2) is 42.5 Å². The van der Waals surface area contributed by atoms with Gasteiger partial charge in [-0.15, -0.1) is 0 Å². The van der Waals surface area contributed by atoms with E-state index in [1.54, 1.807) is 11.9 Å². The highest BCUT2D eigenvalue weighted by Gasteiger charge is 2.48. The summed E-state index contributed by atoms with van der Waals surface area (Å²) in [6, 6.07) is 11.7. The van der Waals surface area contributed by atoms with Crippen molar-refractivity contribution >= 4 is 23.2 Å². The molecule has 0 saturated carbocycles. The van der Waals surface area contributed by atoms with Crippen LogP contribution in [-0.2, 0) is 21.9 Å². The molecule has 0 aromatic heterocycles. The van der Waals surface area contributed by atoms with Gasteiger partial charge in [-0.25, -0.2) is 0 Å². The highest BCUT2D eigenvalue weighted by molar-refractivity contribution is 6.04. The molecular weight excluding hydrogens is 404 g/mol. The quantitative estimate of drug-likeness (QED) is 0.766. The van der Waals surface area contributed by atoms with Crippen LogP contribution < -0.4 is 10.2 Å². The zero-order valence-corrected chi connectivity index (χ0v) is 17.4. The van der Waals surface area contributed by atoms with Gasteiger partial charge in [-0.1, -0.05) is 30.3 Å². The monoisotopic (exact) mass is 429 g/mol. The van der Waals surface area contributed by atoms with Crippen molar-refractivity contribution in [3.05, 3.63) is 59.2 Å². The SMILES string of the molecule is C[C@@H](c1ccccc1N1CCC(O)C1)N(C)C(=O)Cc1ccc2c(c1)NC(=O)C2(F)F. The third-order valence-corrected chi connectivity index (χ3v) is 6.18. The number of amides is 2. The Morgan fingerprint density at radius 3 is 2.77 bits per heavy atom. The summed E-state index contributed by atoms with van der Waals surface area (Å²) >= 11 is 0. The van der Waals surface area contributed by atoms with Gasteiger partial charge in [-0.2, -0.15) is 8.78 Å². The number of hydrogen-bond acceptors (Lipinski definition) is 4. The molecule has 1 saturated heterocycles. The maximum atomic E-state index is 13.8. The number of alkyl halides is 2. The van der Waals surface area contributed by atoms with Crippen LogP contribution in [0, 0.1) is 0 Å². The highest BCUT2D eigenvalue weighted by atomic mass is 19.3. The lowest BCUT2D eigenvalue weighted by molar-refractivity contribution is -0.139. The molecule has 2 heterocycles. The third kappa shape index (κ3) is 3.87. The van der Waals surface area contributed by atoms with Crippen LogP contribution in [0.1, 0.15) is 36.1 Å². The van der Waals surface area contributed by atoms with Gasteiger partial charge in [-0.05, 0) is 36.6 Å². The lowest BCUT2D eigenvalue weighted by atomic mass is 10.0. The van der Waals surface area contributed by atoms with E-state index < -0.39 is 11.8 Å². The van der Waals surface area contributed by atoms with Crippen molar-refractivity contribution < 1.29 is 23.5 Å². The smallest absolute Gasteiger partial charge is 0.352 e. The molecule has 31 heavy (non-hydrogen) atoms. The van der Waals surface area contributed by atoms with Gasteiger partial charge in [0.15, 0.2) is 0 Å². The number of rotatable bonds is 5. The number of β-amino-alcohol motifs (C(OH)–C–C–N with tert-alkyl or cyclic N) is 1. The van der Waals surface area contributed by atoms with E-state index in [2.05, 4.69) is 10.2 Å². The van der Waals surface area contributed by atoms with Crippen molar-refractivity contribution in [1.29, 1.82) is 0 Å². The van der Waals surface area contributed by atoms with E-state index in [9.17, 15) is 23.5 Å². The van der Waals surface area contributed by atoms with E-state index in [1.165, 1.54) is 18.2 Å². The summed E-state index contributed by atoms with van der Waals surface area (Å²) in [5, 5.41) is 12.1. The summed E-state index contributed by atoms with van der Waals surface area (Å²) in [7, 11) is 1.71.